The fourth-order valence-corrected chi connectivity index (χ4v) is 2.76. The number of halogens is 1. The van der Waals surface area contributed by atoms with Crippen LogP contribution in [0.4, 0.5) is 5.69 Å². The molecule has 1 aromatic rings. The van der Waals surface area contributed by atoms with E-state index in [0.717, 1.165) is 37.6 Å². The Morgan fingerprint density at radius 2 is 2.32 bits per heavy atom. The second kappa shape index (κ2) is 7.13. The molecule has 1 saturated heterocycles. The van der Waals surface area contributed by atoms with Crippen LogP contribution in [-0.2, 0) is 11.3 Å². The van der Waals surface area contributed by atoms with Gasteiger partial charge in [-0.15, -0.1) is 0 Å². The van der Waals surface area contributed by atoms with Crippen molar-refractivity contribution >= 4 is 17.3 Å². The first-order valence-corrected chi connectivity index (χ1v) is 7.39. The minimum absolute atomic E-state index is 0.333. The van der Waals surface area contributed by atoms with Gasteiger partial charge in [-0.2, -0.15) is 0 Å². The molecule has 0 bridgehead atoms. The summed E-state index contributed by atoms with van der Waals surface area (Å²) in [5, 5.41) is 4.19. The molecule has 1 heterocycles. The van der Waals surface area contributed by atoms with Crippen LogP contribution < -0.4 is 10.2 Å². The zero-order valence-corrected chi connectivity index (χ0v) is 12.5. The number of nitrogens with one attached hydrogen (secondary N) is 1. The molecule has 1 N–H and O–H groups in total. The molecule has 1 fully saturated rings. The van der Waals surface area contributed by atoms with Crippen molar-refractivity contribution in [2.45, 2.75) is 32.4 Å². The Hall–Kier alpha value is -0.770. The highest BCUT2D eigenvalue weighted by molar-refractivity contribution is 6.30. The number of hydrogen-bond donors (Lipinski definition) is 1. The molecule has 3 nitrogen and oxygen atoms in total. The van der Waals surface area contributed by atoms with Crippen molar-refractivity contribution < 1.29 is 4.74 Å². The molecule has 1 atom stereocenters. The van der Waals surface area contributed by atoms with Gasteiger partial charge in [0.05, 0.1) is 6.10 Å². The Morgan fingerprint density at radius 1 is 1.47 bits per heavy atom. The quantitative estimate of drug-likeness (QED) is 0.898. The smallest absolute Gasteiger partial charge is 0.0746 e. The molecular weight excluding hydrogens is 260 g/mol. The van der Waals surface area contributed by atoms with E-state index in [1.807, 2.05) is 6.07 Å². The molecule has 106 valence electrons. The fraction of sp³-hybridized carbons (Fsp3) is 0.600. The number of piperidine rings is 1. The van der Waals surface area contributed by atoms with Gasteiger partial charge in [0, 0.05) is 37.5 Å². The Morgan fingerprint density at radius 3 is 3.05 bits per heavy atom. The summed E-state index contributed by atoms with van der Waals surface area (Å²) in [7, 11) is 1.80. The van der Waals surface area contributed by atoms with Crippen LogP contribution in [0, 0.1) is 0 Å². The van der Waals surface area contributed by atoms with Gasteiger partial charge in [-0.3, -0.25) is 0 Å². The molecule has 2 rings (SSSR count). The predicted molar refractivity (Wildman–Crippen MR) is 81.1 cm³/mol. The average molecular weight is 283 g/mol. The fourth-order valence-electron chi connectivity index (χ4n) is 2.59. The highest BCUT2D eigenvalue weighted by Crippen LogP contribution is 2.28. The van der Waals surface area contributed by atoms with Crippen LogP contribution in [0.1, 0.15) is 25.3 Å². The molecule has 0 radical (unpaired) electrons. The molecular formula is C15H23ClN2O. The van der Waals surface area contributed by atoms with Gasteiger partial charge in [-0.05, 0) is 37.1 Å². The monoisotopic (exact) mass is 282 g/mol. The largest absolute Gasteiger partial charge is 0.380 e. The third-order valence-electron chi connectivity index (χ3n) is 3.66. The van der Waals surface area contributed by atoms with Crippen LogP contribution in [-0.4, -0.2) is 32.8 Å². The minimum Gasteiger partial charge on any atom is -0.380 e. The van der Waals surface area contributed by atoms with Crippen molar-refractivity contribution in [2.75, 3.05) is 31.6 Å². The van der Waals surface area contributed by atoms with Gasteiger partial charge in [-0.25, -0.2) is 0 Å². The Balaban J connectivity index is 2.18. The Bertz CT molecular complexity index is 411. The predicted octanol–water partition coefficient (Wildman–Crippen LogP) is 3.06. The van der Waals surface area contributed by atoms with Crippen molar-refractivity contribution in [3.8, 4) is 0 Å². The van der Waals surface area contributed by atoms with E-state index in [0.29, 0.717) is 6.10 Å². The van der Waals surface area contributed by atoms with Gasteiger partial charge >= 0.3 is 0 Å². The van der Waals surface area contributed by atoms with E-state index in [2.05, 4.69) is 29.3 Å². The van der Waals surface area contributed by atoms with Crippen molar-refractivity contribution in [3.63, 3.8) is 0 Å². The Kier molecular flexibility index (Phi) is 5.49. The lowest BCUT2D eigenvalue weighted by Crippen LogP contribution is -2.39. The zero-order valence-electron chi connectivity index (χ0n) is 11.8. The van der Waals surface area contributed by atoms with Crippen molar-refractivity contribution in [1.29, 1.82) is 0 Å². The summed E-state index contributed by atoms with van der Waals surface area (Å²) in [6, 6.07) is 6.17. The molecule has 1 aliphatic rings. The van der Waals surface area contributed by atoms with E-state index >= 15 is 0 Å². The van der Waals surface area contributed by atoms with Crippen molar-refractivity contribution in [3.05, 3.63) is 28.8 Å². The van der Waals surface area contributed by atoms with Gasteiger partial charge in [0.1, 0.15) is 0 Å². The first-order chi connectivity index (χ1) is 9.24. The number of hydrogen-bond acceptors (Lipinski definition) is 3. The third kappa shape index (κ3) is 3.85. The van der Waals surface area contributed by atoms with E-state index in [1.165, 1.54) is 17.7 Å². The summed E-state index contributed by atoms with van der Waals surface area (Å²) < 4.78 is 5.50. The number of rotatable bonds is 5. The molecule has 1 aliphatic heterocycles. The Labute approximate surface area is 120 Å². The molecule has 4 heteroatoms. The minimum atomic E-state index is 0.333. The van der Waals surface area contributed by atoms with Crippen molar-refractivity contribution in [1.82, 2.24) is 5.32 Å². The number of ether oxygens (including phenoxy) is 1. The van der Waals surface area contributed by atoms with Crippen LogP contribution in [0.25, 0.3) is 0 Å². The summed E-state index contributed by atoms with van der Waals surface area (Å²) in [6.45, 7) is 6.02. The number of benzene rings is 1. The second-order valence-electron chi connectivity index (χ2n) is 5.00. The first kappa shape index (κ1) is 14.6. The molecule has 0 aliphatic carbocycles. The van der Waals surface area contributed by atoms with E-state index in [1.54, 1.807) is 7.11 Å². The first-order valence-electron chi connectivity index (χ1n) is 7.01. The lowest BCUT2D eigenvalue weighted by atomic mass is 10.0. The summed E-state index contributed by atoms with van der Waals surface area (Å²) >= 11 is 6.16. The summed E-state index contributed by atoms with van der Waals surface area (Å²) in [5.74, 6) is 0. The SMILES string of the molecule is CCNCc1ccc(Cl)cc1N1CCCC(OC)C1. The van der Waals surface area contributed by atoms with Crippen LogP contribution in [0.3, 0.4) is 0 Å². The van der Waals surface area contributed by atoms with Gasteiger partial charge in [0.15, 0.2) is 0 Å². The molecule has 0 spiro atoms. The molecule has 1 unspecified atom stereocenters. The molecule has 0 aromatic heterocycles. The highest BCUT2D eigenvalue weighted by atomic mass is 35.5. The van der Waals surface area contributed by atoms with Crippen LogP contribution in [0.5, 0.6) is 0 Å². The maximum Gasteiger partial charge on any atom is 0.0746 e. The van der Waals surface area contributed by atoms with Gasteiger partial charge in [-0.1, -0.05) is 24.6 Å². The van der Waals surface area contributed by atoms with Crippen molar-refractivity contribution in [2.24, 2.45) is 0 Å². The average Bonchev–Trinajstić information content (AvgIpc) is 2.46. The zero-order chi connectivity index (χ0) is 13.7. The molecule has 19 heavy (non-hydrogen) atoms. The molecule has 0 amide bonds. The van der Waals surface area contributed by atoms with E-state index in [-0.39, 0.29) is 0 Å². The maximum absolute atomic E-state index is 6.16. The van der Waals surface area contributed by atoms with Crippen LogP contribution in [0.2, 0.25) is 5.02 Å². The summed E-state index contributed by atoms with van der Waals surface area (Å²) in [6.07, 6.45) is 2.65. The van der Waals surface area contributed by atoms with Gasteiger partial charge in [0.25, 0.3) is 0 Å². The number of nitrogens with zero attached hydrogens (tertiary/aromatic N) is 1. The number of anilines is 1. The third-order valence-corrected chi connectivity index (χ3v) is 3.90. The molecule has 0 saturated carbocycles. The summed E-state index contributed by atoms with van der Waals surface area (Å²) in [5.41, 5.74) is 2.55. The summed E-state index contributed by atoms with van der Waals surface area (Å²) in [4.78, 5) is 2.40. The van der Waals surface area contributed by atoms with Crippen LogP contribution in [0.15, 0.2) is 18.2 Å². The lowest BCUT2D eigenvalue weighted by Gasteiger charge is -2.35. The van der Waals surface area contributed by atoms with E-state index in [4.69, 9.17) is 16.3 Å². The standard InChI is InChI=1S/C15H23ClN2O/c1-3-17-10-12-6-7-13(16)9-15(12)18-8-4-5-14(11-18)19-2/h6-7,9,14,17H,3-5,8,10-11H2,1-2H3. The topological polar surface area (TPSA) is 24.5 Å². The highest BCUT2D eigenvalue weighted by Gasteiger charge is 2.21. The molecule has 1 aromatic carbocycles. The van der Waals surface area contributed by atoms with Gasteiger partial charge in [0.2, 0.25) is 0 Å². The van der Waals surface area contributed by atoms with Gasteiger partial charge < -0.3 is 15.0 Å². The van der Waals surface area contributed by atoms with Crippen LogP contribution >= 0.6 is 11.6 Å². The lowest BCUT2D eigenvalue weighted by molar-refractivity contribution is 0.0893. The van der Waals surface area contributed by atoms with E-state index < -0.39 is 0 Å². The normalized spacial score (nSPS) is 19.7. The maximum atomic E-state index is 6.16. The number of methoxy groups -OCH3 is 1. The van der Waals surface area contributed by atoms with E-state index in [9.17, 15) is 0 Å². The second-order valence-corrected chi connectivity index (χ2v) is 5.44.